The summed E-state index contributed by atoms with van der Waals surface area (Å²) in [5, 5.41) is 2.99. The lowest BCUT2D eigenvalue weighted by Crippen LogP contribution is -2.24. The summed E-state index contributed by atoms with van der Waals surface area (Å²) in [7, 11) is -4.14. The van der Waals surface area contributed by atoms with E-state index in [9.17, 15) is 18.0 Å². The Balaban J connectivity index is 1.83. The molecule has 0 spiro atoms. The van der Waals surface area contributed by atoms with Gasteiger partial charge in [0, 0.05) is 17.6 Å². The highest BCUT2D eigenvalue weighted by Crippen LogP contribution is 2.25. The van der Waals surface area contributed by atoms with E-state index >= 15 is 0 Å². The van der Waals surface area contributed by atoms with Crippen molar-refractivity contribution in [1.29, 1.82) is 0 Å². The van der Waals surface area contributed by atoms with E-state index in [2.05, 4.69) is 10.3 Å². The van der Waals surface area contributed by atoms with Gasteiger partial charge < -0.3 is 9.88 Å². The van der Waals surface area contributed by atoms with Crippen LogP contribution in [-0.2, 0) is 27.6 Å². The van der Waals surface area contributed by atoms with Crippen LogP contribution in [0.15, 0.2) is 75.4 Å². The normalized spacial score (nSPS) is 11.5. The molecule has 2 heterocycles. The predicted molar refractivity (Wildman–Crippen MR) is 137 cm³/mol. The Morgan fingerprint density at radius 3 is 2.51 bits per heavy atom. The van der Waals surface area contributed by atoms with Gasteiger partial charge in [-0.3, -0.25) is 9.59 Å². The van der Waals surface area contributed by atoms with Gasteiger partial charge in [0.05, 0.1) is 10.3 Å². The molecule has 0 aliphatic carbocycles. The zero-order valence-corrected chi connectivity index (χ0v) is 20.9. The lowest BCUT2D eigenvalue weighted by Gasteiger charge is -2.15. The second-order valence-corrected chi connectivity index (χ2v) is 10.5. The van der Waals surface area contributed by atoms with Crippen molar-refractivity contribution in [3.8, 4) is 0 Å². The molecule has 2 aromatic carbocycles. The van der Waals surface area contributed by atoms with E-state index in [1.165, 1.54) is 10.8 Å². The predicted octanol–water partition coefficient (Wildman–Crippen LogP) is 4.36. The SMILES string of the molecule is CCc1cccc(NC(=O)Cn2cc(S(=O)(=O)c3cc(C)ccc3C)c(=O)c3ccc(C)nc32)c1. The van der Waals surface area contributed by atoms with Gasteiger partial charge in [0.15, 0.2) is 0 Å². The number of hydrogen-bond acceptors (Lipinski definition) is 5. The highest BCUT2D eigenvalue weighted by molar-refractivity contribution is 7.91. The van der Waals surface area contributed by atoms with E-state index in [0.29, 0.717) is 16.9 Å². The molecule has 180 valence electrons. The number of aryl methyl sites for hydroxylation is 4. The molecule has 0 aliphatic rings. The van der Waals surface area contributed by atoms with Crippen LogP contribution in [0.5, 0.6) is 0 Å². The number of hydrogen-bond donors (Lipinski definition) is 1. The highest BCUT2D eigenvalue weighted by Gasteiger charge is 2.26. The average Bonchev–Trinajstić information content (AvgIpc) is 2.82. The average molecular weight is 490 g/mol. The Labute approximate surface area is 204 Å². The van der Waals surface area contributed by atoms with Crippen LogP contribution in [-0.4, -0.2) is 23.9 Å². The zero-order chi connectivity index (χ0) is 25.3. The topological polar surface area (TPSA) is 98.1 Å². The molecule has 8 heteroatoms. The number of fused-ring (bicyclic) bond motifs is 1. The Kier molecular flexibility index (Phi) is 6.58. The van der Waals surface area contributed by atoms with Gasteiger partial charge in [0.25, 0.3) is 0 Å². The number of carbonyl (C=O) groups is 1. The summed E-state index contributed by atoms with van der Waals surface area (Å²) >= 11 is 0. The Morgan fingerprint density at radius 1 is 1.00 bits per heavy atom. The molecule has 35 heavy (non-hydrogen) atoms. The smallest absolute Gasteiger partial charge is 0.244 e. The number of carbonyl (C=O) groups excluding carboxylic acids is 1. The van der Waals surface area contributed by atoms with E-state index in [1.54, 1.807) is 51.1 Å². The number of aromatic nitrogens is 2. The standard InChI is InChI=1S/C27H27N3O4S/c1-5-20-7-6-8-21(14-20)29-25(31)16-30-15-24(26(32)22-12-11-19(4)28-27(22)30)35(33,34)23-13-17(2)9-10-18(23)3/h6-15H,5,16H2,1-4H3,(H,29,31). The van der Waals surface area contributed by atoms with Gasteiger partial charge >= 0.3 is 0 Å². The van der Waals surface area contributed by atoms with Crippen LogP contribution in [0.25, 0.3) is 11.0 Å². The molecule has 0 saturated carbocycles. The summed E-state index contributed by atoms with van der Waals surface area (Å²) in [5.74, 6) is -0.360. The summed E-state index contributed by atoms with van der Waals surface area (Å²) in [4.78, 5) is 30.4. The van der Waals surface area contributed by atoms with Crippen molar-refractivity contribution in [1.82, 2.24) is 9.55 Å². The number of nitrogens with one attached hydrogen (secondary N) is 1. The number of benzene rings is 2. The molecule has 7 nitrogen and oxygen atoms in total. The van der Waals surface area contributed by atoms with E-state index in [-0.39, 0.29) is 33.3 Å². The lowest BCUT2D eigenvalue weighted by atomic mass is 10.1. The van der Waals surface area contributed by atoms with Crippen LogP contribution < -0.4 is 10.7 Å². The van der Waals surface area contributed by atoms with Crippen molar-refractivity contribution in [3.05, 3.63) is 93.4 Å². The van der Waals surface area contributed by atoms with Crippen LogP contribution in [0.3, 0.4) is 0 Å². The maximum atomic E-state index is 13.6. The molecule has 0 radical (unpaired) electrons. The number of amides is 1. The number of nitrogens with zero attached hydrogens (tertiary/aromatic N) is 2. The summed E-state index contributed by atoms with van der Waals surface area (Å²) in [6.07, 6.45) is 2.06. The second kappa shape index (κ2) is 9.46. The number of pyridine rings is 2. The van der Waals surface area contributed by atoms with Gasteiger partial charge in [-0.15, -0.1) is 0 Å². The van der Waals surface area contributed by atoms with Gasteiger partial charge in [-0.2, -0.15) is 0 Å². The molecule has 0 fully saturated rings. The minimum Gasteiger partial charge on any atom is -0.325 e. The second-order valence-electron chi connectivity index (χ2n) is 8.65. The molecule has 2 aromatic heterocycles. The third-order valence-corrected chi connectivity index (χ3v) is 7.77. The molecule has 4 aromatic rings. The minimum absolute atomic E-state index is 0.0707. The number of rotatable bonds is 6. The van der Waals surface area contributed by atoms with Crippen molar-refractivity contribution in [2.75, 3.05) is 5.32 Å². The lowest BCUT2D eigenvalue weighted by molar-refractivity contribution is -0.116. The van der Waals surface area contributed by atoms with Crippen LogP contribution in [0.4, 0.5) is 5.69 Å². The third kappa shape index (κ3) is 4.88. The van der Waals surface area contributed by atoms with Gasteiger partial charge in [-0.05, 0) is 74.2 Å². The van der Waals surface area contributed by atoms with Crippen LogP contribution >= 0.6 is 0 Å². The first-order chi connectivity index (χ1) is 16.6. The quantitative estimate of drug-likeness (QED) is 0.434. The third-order valence-electron chi connectivity index (χ3n) is 5.88. The van der Waals surface area contributed by atoms with Crippen molar-refractivity contribution < 1.29 is 13.2 Å². The Bertz CT molecular complexity index is 1620. The molecule has 1 N–H and O–H groups in total. The molecule has 1 amide bonds. The van der Waals surface area contributed by atoms with E-state index < -0.39 is 15.3 Å². The van der Waals surface area contributed by atoms with Gasteiger partial charge in [0.1, 0.15) is 17.1 Å². The fraction of sp³-hybridized carbons (Fsp3) is 0.222. The summed E-state index contributed by atoms with van der Waals surface area (Å²) < 4.78 is 28.6. The first-order valence-electron chi connectivity index (χ1n) is 11.3. The summed E-state index contributed by atoms with van der Waals surface area (Å²) in [5.41, 5.74) is 3.29. The van der Waals surface area contributed by atoms with Gasteiger partial charge in [-0.1, -0.05) is 31.2 Å². The molecule has 0 unspecified atom stereocenters. The molecular formula is C27H27N3O4S. The fourth-order valence-corrected chi connectivity index (χ4v) is 5.67. The number of sulfone groups is 1. The molecule has 0 bridgehead atoms. The van der Waals surface area contributed by atoms with E-state index in [0.717, 1.165) is 17.5 Å². The monoisotopic (exact) mass is 489 g/mol. The highest BCUT2D eigenvalue weighted by atomic mass is 32.2. The van der Waals surface area contributed by atoms with Gasteiger partial charge in [0.2, 0.25) is 21.2 Å². The maximum absolute atomic E-state index is 13.6. The molecule has 0 aliphatic heterocycles. The van der Waals surface area contributed by atoms with Crippen molar-refractivity contribution in [2.24, 2.45) is 0 Å². The Morgan fingerprint density at radius 2 is 1.77 bits per heavy atom. The fourth-order valence-electron chi connectivity index (χ4n) is 3.98. The molecular weight excluding hydrogens is 462 g/mol. The van der Waals surface area contributed by atoms with Crippen LogP contribution in [0.2, 0.25) is 0 Å². The maximum Gasteiger partial charge on any atom is 0.244 e. The first-order valence-corrected chi connectivity index (χ1v) is 12.8. The number of anilines is 1. The van der Waals surface area contributed by atoms with E-state index in [4.69, 9.17) is 0 Å². The van der Waals surface area contributed by atoms with Crippen molar-refractivity contribution >= 4 is 32.5 Å². The van der Waals surface area contributed by atoms with Crippen LogP contribution in [0.1, 0.15) is 29.3 Å². The molecule has 0 saturated heterocycles. The summed E-state index contributed by atoms with van der Waals surface area (Å²) in [6, 6.07) is 15.8. The largest absolute Gasteiger partial charge is 0.325 e. The first kappa shape index (κ1) is 24.3. The van der Waals surface area contributed by atoms with Crippen LogP contribution in [0, 0.1) is 20.8 Å². The molecule has 0 atom stereocenters. The van der Waals surface area contributed by atoms with E-state index in [1.807, 2.05) is 31.2 Å². The minimum atomic E-state index is -4.14. The zero-order valence-electron chi connectivity index (χ0n) is 20.1. The van der Waals surface area contributed by atoms with Crippen molar-refractivity contribution in [2.45, 2.75) is 50.5 Å². The molecule has 4 rings (SSSR count). The Hall–Kier alpha value is -3.78. The summed E-state index contributed by atoms with van der Waals surface area (Å²) in [6.45, 7) is 7.07. The van der Waals surface area contributed by atoms with Gasteiger partial charge in [-0.25, -0.2) is 13.4 Å². The van der Waals surface area contributed by atoms with Crippen molar-refractivity contribution in [3.63, 3.8) is 0 Å².